The molecule has 1 unspecified atom stereocenters. The third-order valence-electron chi connectivity index (χ3n) is 13.3. The van der Waals surface area contributed by atoms with E-state index in [0.717, 1.165) is 35.3 Å². The zero-order valence-electron chi connectivity index (χ0n) is 31.7. The lowest BCUT2D eigenvalue weighted by atomic mass is 9.49. The van der Waals surface area contributed by atoms with Crippen LogP contribution in [-0.4, -0.2) is 106 Å². The van der Waals surface area contributed by atoms with Gasteiger partial charge in [0.25, 0.3) is 0 Å². The first kappa shape index (κ1) is 39.8. The molecule has 2 saturated carbocycles. The molecule has 2 N–H and O–H groups in total. The van der Waals surface area contributed by atoms with Gasteiger partial charge in [-0.1, -0.05) is 45.2 Å². The predicted molar refractivity (Wildman–Crippen MR) is 198 cm³/mol. The average molecular weight is 748 g/mol. The molecule has 4 bridgehead atoms. The lowest BCUT2D eigenvalue weighted by Crippen LogP contribution is -2.76. The smallest absolute Gasteiger partial charge is 0.308 e. The van der Waals surface area contributed by atoms with Gasteiger partial charge in [-0.3, -0.25) is 14.4 Å². The Morgan fingerprint density at radius 3 is 1.65 bits per heavy atom. The van der Waals surface area contributed by atoms with Crippen LogP contribution < -0.4 is 19.3 Å². The van der Waals surface area contributed by atoms with Gasteiger partial charge in [0.15, 0.2) is 35.3 Å². The van der Waals surface area contributed by atoms with Gasteiger partial charge in [-0.15, -0.1) is 0 Å². The predicted octanol–water partition coefficient (Wildman–Crippen LogP) is 3.34. The maximum absolute atomic E-state index is 12.7. The number of likely N-dealkylation sites (tertiary alicyclic amines) is 2. The average Bonchev–Trinajstić information content (AvgIpc) is 3.66. The van der Waals surface area contributed by atoms with Crippen molar-refractivity contribution in [2.45, 2.75) is 140 Å². The quantitative estimate of drug-likeness (QED) is 0.324. The maximum atomic E-state index is 12.7. The van der Waals surface area contributed by atoms with Crippen LogP contribution in [-0.2, 0) is 42.8 Å². The summed E-state index contributed by atoms with van der Waals surface area (Å²) in [5.74, 6) is 0.777. The van der Waals surface area contributed by atoms with E-state index >= 15 is 0 Å². The molecule has 54 heavy (non-hydrogen) atoms. The monoisotopic (exact) mass is 747 g/mol. The standard InChI is InChI=1S/C19H21NO5.C17H19NO4.C3H6O.C2H6.CH4/c1-10(21)24-13-4-3-11-9-14-19(23)6-5-12(22)17-18(19,7-8-20(14)2)15(11)16(13)25-17;1-18-7-6-16-13-9-2-3-10(19)14(13)22-15(16)11(20)4-5-17(16,21)12(18)8-9;1-3(2)4;1-2;/h3-4,14,17,23H,5-9H2,1-2H3;2-3,12,15,19,21H,4-8H2,1H3;1-2H3;1-2H3;1H4/p-1/t14-,17+,18+,19-;12?,15-,16-,17+;;;/m01.../s1. The highest BCUT2D eigenvalue weighted by molar-refractivity contribution is 5.91. The summed E-state index contributed by atoms with van der Waals surface area (Å²) < 4.78 is 17.3. The van der Waals surface area contributed by atoms with E-state index in [1.54, 1.807) is 6.07 Å². The van der Waals surface area contributed by atoms with Crippen LogP contribution in [0.1, 0.15) is 103 Å². The van der Waals surface area contributed by atoms with Crippen molar-refractivity contribution in [1.29, 1.82) is 0 Å². The Labute approximate surface area is 317 Å². The summed E-state index contributed by atoms with van der Waals surface area (Å²) in [6.07, 6.45) is 2.93. The molecule has 12 heteroatoms. The van der Waals surface area contributed by atoms with Crippen LogP contribution in [0.15, 0.2) is 24.3 Å². The van der Waals surface area contributed by atoms with Gasteiger partial charge in [0.05, 0.1) is 22.0 Å². The van der Waals surface area contributed by atoms with Crippen LogP contribution in [0, 0.1) is 0 Å². The van der Waals surface area contributed by atoms with Crippen LogP contribution in [0.25, 0.3) is 0 Å². The Bertz CT molecular complexity index is 1890. The molecule has 2 spiro atoms. The molecule has 12 nitrogen and oxygen atoms in total. The molecule has 2 aromatic carbocycles. The second-order valence-corrected chi connectivity index (χ2v) is 16.0. The third-order valence-corrected chi connectivity index (χ3v) is 13.3. The Kier molecular flexibility index (Phi) is 10.1. The Morgan fingerprint density at radius 1 is 0.759 bits per heavy atom. The lowest BCUT2D eigenvalue weighted by molar-refractivity contribution is -0.270. The minimum Gasteiger partial charge on any atom is -0.870 e. The van der Waals surface area contributed by atoms with Crippen LogP contribution in [0.2, 0.25) is 0 Å². The number of carbonyl (C=O) groups is 4. The number of nitrogens with zero attached hydrogens (tertiary/aromatic N) is 2. The van der Waals surface area contributed by atoms with E-state index in [-0.39, 0.29) is 42.6 Å². The number of rotatable bonds is 1. The molecule has 0 amide bonds. The van der Waals surface area contributed by atoms with Crippen molar-refractivity contribution in [3.8, 4) is 23.0 Å². The fourth-order valence-corrected chi connectivity index (χ4v) is 11.3. The van der Waals surface area contributed by atoms with Crippen LogP contribution in [0.5, 0.6) is 23.0 Å². The molecular formula is C42H55N2O10-. The largest absolute Gasteiger partial charge is 0.870 e. The number of carbonyl (C=O) groups excluding carboxylic acids is 4. The van der Waals surface area contributed by atoms with Gasteiger partial charge in [0, 0.05) is 43.0 Å². The Morgan fingerprint density at radius 2 is 1.19 bits per heavy atom. The SMILES string of the molecule is C.CC.CC(=O)Oc1ccc2c3c1O[C@@H]1C(=O)CC[C@]4(O)[C@H](C2)N(C)CC[C@@]314.CC(C)=O.CN1CC[C@@]23c4c5ccc([O-])c4O[C@@H]2C(=O)CC[C@]3(O)C1C5. The van der Waals surface area contributed by atoms with E-state index in [2.05, 4.69) is 9.80 Å². The third kappa shape index (κ3) is 5.15. The molecule has 4 aliphatic carbocycles. The summed E-state index contributed by atoms with van der Waals surface area (Å²) in [6.45, 7) is 10.0. The van der Waals surface area contributed by atoms with Crippen molar-refractivity contribution < 1.29 is 48.7 Å². The summed E-state index contributed by atoms with van der Waals surface area (Å²) in [5, 5.41) is 35.6. The zero-order chi connectivity index (χ0) is 38.4. The number of ether oxygens (including phenoxy) is 3. The van der Waals surface area contributed by atoms with Gasteiger partial charge in [0.1, 0.15) is 11.5 Å². The second kappa shape index (κ2) is 13.7. The van der Waals surface area contributed by atoms with Crippen molar-refractivity contribution in [2.24, 2.45) is 0 Å². The normalized spacial score (nSPS) is 35.4. The fraction of sp³-hybridized carbons (Fsp3) is 0.619. The van der Waals surface area contributed by atoms with Crippen molar-refractivity contribution in [3.05, 3.63) is 46.5 Å². The molecule has 4 fully saturated rings. The van der Waals surface area contributed by atoms with E-state index in [4.69, 9.17) is 14.2 Å². The minimum absolute atomic E-state index is 0. The first-order chi connectivity index (χ1) is 25.1. The highest BCUT2D eigenvalue weighted by atomic mass is 16.6. The van der Waals surface area contributed by atoms with Gasteiger partial charge in [-0.05, 0) is 96.8 Å². The minimum atomic E-state index is -0.994. The second-order valence-electron chi connectivity index (χ2n) is 16.0. The van der Waals surface area contributed by atoms with Crippen molar-refractivity contribution in [1.82, 2.24) is 9.80 Å². The molecule has 2 saturated heterocycles. The zero-order valence-corrected chi connectivity index (χ0v) is 31.7. The molecule has 0 aromatic heterocycles. The topological polar surface area (TPSA) is 166 Å². The number of piperidine rings is 2. The van der Waals surface area contributed by atoms with Crippen LogP contribution in [0.3, 0.4) is 0 Å². The van der Waals surface area contributed by atoms with Gasteiger partial charge in [-0.25, -0.2) is 0 Å². The van der Waals surface area contributed by atoms with E-state index in [1.165, 1.54) is 26.8 Å². The van der Waals surface area contributed by atoms with Gasteiger partial charge in [-0.2, -0.15) is 0 Å². The van der Waals surface area contributed by atoms with Crippen molar-refractivity contribution in [2.75, 3.05) is 27.2 Å². The number of esters is 1. The molecule has 10 rings (SSSR count). The van der Waals surface area contributed by atoms with Crippen molar-refractivity contribution in [3.63, 3.8) is 0 Å². The molecule has 0 radical (unpaired) electrons. The van der Waals surface area contributed by atoms with Crippen LogP contribution >= 0.6 is 0 Å². The lowest BCUT2D eigenvalue weighted by Gasteiger charge is -2.62. The number of hydrogen-bond acceptors (Lipinski definition) is 12. The fourth-order valence-electron chi connectivity index (χ4n) is 11.3. The molecular weight excluding hydrogens is 692 g/mol. The number of Topliss-reactive ketones (excluding diaryl/α,β-unsaturated/α-hetero) is 3. The summed E-state index contributed by atoms with van der Waals surface area (Å²) >= 11 is 0. The summed E-state index contributed by atoms with van der Waals surface area (Å²) in [4.78, 5) is 50.5. The Balaban J connectivity index is 0.000000159. The van der Waals surface area contributed by atoms with E-state index < -0.39 is 40.2 Å². The summed E-state index contributed by atoms with van der Waals surface area (Å²) in [5.41, 5.74) is 0.468. The van der Waals surface area contributed by atoms with E-state index in [1.807, 2.05) is 40.1 Å². The number of likely N-dealkylation sites (N-methyl/N-ethyl adjacent to an activating group) is 2. The molecule has 4 heterocycles. The highest BCUT2D eigenvalue weighted by Crippen LogP contribution is 2.66. The first-order valence-corrected chi connectivity index (χ1v) is 19.0. The molecule has 294 valence electrons. The van der Waals surface area contributed by atoms with Gasteiger partial charge in [0.2, 0.25) is 0 Å². The summed E-state index contributed by atoms with van der Waals surface area (Å²) in [7, 11) is 4.07. The molecule has 2 aromatic rings. The molecule has 4 aliphatic heterocycles. The van der Waals surface area contributed by atoms with Gasteiger partial charge >= 0.3 is 5.97 Å². The summed E-state index contributed by atoms with van der Waals surface area (Å²) in [6, 6.07) is 7.05. The van der Waals surface area contributed by atoms with Crippen molar-refractivity contribution >= 4 is 23.3 Å². The van der Waals surface area contributed by atoms with E-state index in [0.29, 0.717) is 68.6 Å². The molecule has 8 atom stereocenters. The highest BCUT2D eigenvalue weighted by Gasteiger charge is 2.74. The Hall–Kier alpha value is -3.84. The number of hydrogen-bond donors (Lipinski definition) is 2. The van der Waals surface area contributed by atoms with Crippen LogP contribution in [0.4, 0.5) is 0 Å². The number of aliphatic hydroxyl groups is 2. The maximum Gasteiger partial charge on any atom is 0.308 e. The number of ketones is 3. The molecule has 8 aliphatic rings. The first-order valence-electron chi connectivity index (χ1n) is 19.0. The number of benzene rings is 2. The van der Waals surface area contributed by atoms with Gasteiger partial charge < -0.3 is 44.1 Å². The van der Waals surface area contributed by atoms with E-state index in [9.17, 15) is 34.5 Å².